The van der Waals surface area contributed by atoms with Gasteiger partial charge in [-0.15, -0.1) is 0 Å². The first-order valence-electron chi connectivity index (χ1n) is 4.15. The Kier molecular flexibility index (Phi) is 23.5. The first-order valence-corrected chi connectivity index (χ1v) is 5.56. The van der Waals surface area contributed by atoms with Gasteiger partial charge in [-0.3, -0.25) is 0 Å². The molecule has 0 unspecified atom stereocenters. The van der Waals surface area contributed by atoms with Crippen molar-refractivity contribution in [2.45, 2.75) is 4.90 Å². The summed E-state index contributed by atoms with van der Waals surface area (Å²) < 4.78 is 32.2. The monoisotopic (exact) mass is 354 g/mol. The molecule has 0 aliphatic rings. The Labute approximate surface area is 148 Å². The van der Waals surface area contributed by atoms with E-state index in [0.717, 1.165) is 0 Å². The van der Waals surface area contributed by atoms with Gasteiger partial charge in [0.2, 0.25) is 0 Å². The van der Waals surface area contributed by atoms with Gasteiger partial charge in [0.05, 0.1) is 4.90 Å². The predicted molar refractivity (Wildman–Crippen MR) is 75.3 cm³/mol. The van der Waals surface area contributed by atoms with Crippen LogP contribution in [-0.4, -0.2) is 50.9 Å². The standard InChI is InChI=1S/C10H8O4S.Na.6H2O/c11-9-3-1-8-6-10(15(12,13)14)4-2-7(8)5-9;;;;;;;/h1-6,11H,(H,12,13,14);;6*1H2/q;+1;;;;;;/p-1. The SMILES string of the molecule is O.O.O.O.O.O.O=S(=O)([O-])c1ccc2cc(O)ccc2c1.[Na+]. The summed E-state index contributed by atoms with van der Waals surface area (Å²) >= 11 is 0. The minimum atomic E-state index is -4.42. The van der Waals surface area contributed by atoms with E-state index in [1.807, 2.05) is 0 Å². The Morgan fingerprint density at radius 2 is 1.18 bits per heavy atom. The zero-order valence-electron chi connectivity index (χ0n) is 11.5. The van der Waals surface area contributed by atoms with Crippen LogP contribution in [0.5, 0.6) is 5.75 Å². The molecule has 0 spiro atoms. The van der Waals surface area contributed by atoms with E-state index in [9.17, 15) is 18.1 Å². The fourth-order valence-electron chi connectivity index (χ4n) is 1.37. The molecule has 2 rings (SSSR count). The number of aromatic hydroxyl groups is 1. The van der Waals surface area contributed by atoms with Gasteiger partial charge >= 0.3 is 29.6 Å². The summed E-state index contributed by atoms with van der Waals surface area (Å²) in [6.45, 7) is 0. The molecule has 0 bridgehead atoms. The molecule has 0 aliphatic heterocycles. The maximum absolute atomic E-state index is 10.7. The first-order chi connectivity index (χ1) is 6.97. The Bertz CT molecular complexity index is 631. The number of rotatable bonds is 1. The van der Waals surface area contributed by atoms with Gasteiger partial charge in [0, 0.05) is 0 Å². The zero-order chi connectivity index (χ0) is 11.1. The summed E-state index contributed by atoms with van der Waals surface area (Å²) in [5.41, 5.74) is 0. The third-order valence-corrected chi connectivity index (χ3v) is 2.92. The van der Waals surface area contributed by atoms with Crippen LogP contribution >= 0.6 is 0 Å². The predicted octanol–water partition coefficient (Wildman–Crippen LogP) is -6.49. The second kappa shape index (κ2) is 13.8. The van der Waals surface area contributed by atoms with E-state index in [-0.39, 0.29) is 73.1 Å². The molecule has 22 heavy (non-hydrogen) atoms. The van der Waals surface area contributed by atoms with E-state index in [4.69, 9.17) is 0 Å². The van der Waals surface area contributed by atoms with Crippen LogP contribution in [-0.2, 0) is 10.1 Å². The molecule has 0 radical (unpaired) electrons. The smallest absolute Gasteiger partial charge is 0.744 e. The normalized spacial score (nSPS) is 8.05. The zero-order valence-corrected chi connectivity index (χ0v) is 14.4. The molecule has 2 aromatic carbocycles. The van der Waals surface area contributed by atoms with Crippen LogP contribution in [0, 0.1) is 0 Å². The summed E-state index contributed by atoms with van der Waals surface area (Å²) in [5, 5.41) is 10.5. The van der Waals surface area contributed by atoms with E-state index in [2.05, 4.69) is 0 Å². The third kappa shape index (κ3) is 8.57. The number of phenols is 1. The summed E-state index contributed by atoms with van der Waals surface area (Å²) in [7, 11) is -4.42. The fraction of sp³-hybridized carbons (Fsp3) is 0. The first kappa shape index (κ1) is 37.4. The van der Waals surface area contributed by atoms with Crippen LogP contribution in [0.3, 0.4) is 0 Å². The van der Waals surface area contributed by atoms with Crippen molar-refractivity contribution in [3.05, 3.63) is 36.4 Å². The van der Waals surface area contributed by atoms with E-state index < -0.39 is 10.1 Å². The minimum Gasteiger partial charge on any atom is -0.744 e. The van der Waals surface area contributed by atoms with Crippen molar-refractivity contribution in [2.24, 2.45) is 0 Å². The fourth-order valence-corrected chi connectivity index (χ4v) is 1.87. The second-order valence-electron chi connectivity index (χ2n) is 3.15. The quantitative estimate of drug-likeness (QED) is 0.386. The molecule has 0 amide bonds. The van der Waals surface area contributed by atoms with Gasteiger partial charge in [-0.1, -0.05) is 12.1 Å². The number of fused-ring (bicyclic) bond motifs is 1. The molecule has 13 N–H and O–H groups in total. The maximum atomic E-state index is 10.7. The Morgan fingerprint density at radius 3 is 1.64 bits per heavy atom. The van der Waals surface area contributed by atoms with Gasteiger partial charge in [0.15, 0.2) is 0 Å². The van der Waals surface area contributed by atoms with Crippen molar-refractivity contribution in [1.29, 1.82) is 0 Å². The van der Waals surface area contributed by atoms with Crippen LogP contribution in [0.1, 0.15) is 0 Å². The van der Waals surface area contributed by atoms with Crippen LogP contribution < -0.4 is 29.6 Å². The molecule has 0 aromatic heterocycles. The Morgan fingerprint density at radius 1 is 0.773 bits per heavy atom. The van der Waals surface area contributed by atoms with Crippen LogP contribution in [0.2, 0.25) is 0 Å². The van der Waals surface area contributed by atoms with E-state index in [1.165, 1.54) is 30.3 Å². The molecule has 126 valence electrons. The number of benzene rings is 2. The van der Waals surface area contributed by atoms with Gasteiger partial charge in [0.1, 0.15) is 15.9 Å². The van der Waals surface area contributed by atoms with Crippen LogP contribution in [0.15, 0.2) is 41.3 Å². The van der Waals surface area contributed by atoms with Gasteiger partial charge in [-0.2, -0.15) is 0 Å². The van der Waals surface area contributed by atoms with Crippen LogP contribution in [0.4, 0.5) is 0 Å². The topological polar surface area (TPSA) is 266 Å². The number of hydrogen-bond donors (Lipinski definition) is 1. The van der Waals surface area contributed by atoms with E-state index >= 15 is 0 Å². The average Bonchev–Trinajstić information content (AvgIpc) is 2.15. The molecule has 0 saturated heterocycles. The number of hydrogen-bond acceptors (Lipinski definition) is 4. The largest absolute Gasteiger partial charge is 1.00 e. The summed E-state index contributed by atoms with van der Waals surface area (Å²) in [5.74, 6) is 0.0974. The van der Waals surface area contributed by atoms with E-state index in [0.29, 0.717) is 10.8 Å². The van der Waals surface area contributed by atoms with Crippen LogP contribution in [0.25, 0.3) is 10.8 Å². The van der Waals surface area contributed by atoms with Gasteiger partial charge in [-0.05, 0) is 35.0 Å². The van der Waals surface area contributed by atoms with Crippen molar-refractivity contribution in [1.82, 2.24) is 0 Å². The van der Waals surface area contributed by atoms with E-state index in [1.54, 1.807) is 6.07 Å². The molecule has 10 nitrogen and oxygen atoms in total. The molecule has 0 saturated carbocycles. The summed E-state index contributed by atoms with van der Waals surface area (Å²) in [4.78, 5) is -0.263. The Hall–Kier alpha value is -0.830. The van der Waals surface area contributed by atoms with Crippen molar-refractivity contribution in [3.63, 3.8) is 0 Å². The van der Waals surface area contributed by atoms with Gasteiger partial charge < -0.3 is 42.5 Å². The molecular formula is C10H19NaO10S. The summed E-state index contributed by atoms with van der Waals surface area (Å²) in [6, 6.07) is 8.49. The molecule has 0 aliphatic carbocycles. The second-order valence-corrected chi connectivity index (χ2v) is 4.53. The molecule has 0 atom stereocenters. The van der Waals surface area contributed by atoms with Crippen molar-refractivity contribution in [3.8, 4) is 5.75 Å². The minimum absolute atomic E-state index is 0. The van der Waals surface area contributed by atoms with Gasteiger partial charge in [0.25, 0.3) is 0 Å². The molecule has 2 aromatic rings. The van der Waals surface area contributed by atoms with Crippen molar-refractivity contribution in [2.75, 3.05) is 0 Å². The molecule has 12 heteroatoms. The average molecular weight is 354 g/mol. The maximum Gasteiger partial charge on any atom is 1.00 e. The third-order valence-electron chi connectivity index (χ3n) is 2.08. The molecular weight excluding hydrogens is 335 g/mol. The molecule has 0 heterocycles. The van der Waals surface area contributed by atoms with Gasteiger partial charge in [-0.25, -0.2) is 8.42 Å². The van der Waals surface area contributed by atoms with Crippen molar-refractivity contribution < 1.29 is 80.5 Å². The Balaban J connectivity index is -0.0000000914. The molecule has 0 fully saturated rings. The number of phenolic OH excluding ortho intramolecular Hbond substituents is 1. The summed E-state index contributed by atoms with van der Waals surface area (Å²) in [6.07, 6.45) is 0. The van der Waals surface area contributed by atoms with Crippen molar-refractivity contribution >= 4 is 20.9 Å².